The number of nitrogens with zero attached hydrogens (tertiary/aromatic N) is 3. The molecule has 4 atom stereocenters. The number of nitrogens with one attached hydrogen (secondary N) is 3. The normalized spacial score (nSPS) is 22.7. The minimum atomic E-state index is -1.34. The van der Waals surface area contributed by atoms with E-state index in [1.165, 1.54) is 46.5 Å². The standard InChI is InChI=1S/C21H23N7O7S2/c1-21(2)14(18(33)34)28-16(32)13(17(28)37-21)25-15(31)12(9-7-36-19(22)24-9)26-20(35)27-23-6-8-3-4-10(29)11(30)5-8/h3-7,12-14,17,29-30H,1-2H3,(H2,22,24)(H,25,31)(H,33,34)(H2,26,27,35)/t12?,13-,14+,17-/m1/s1. The van der Waals surface area contributed by atoms with Crippen molar-refractivity contribution in [2.24, 2.45) is 5.10 Å². The molecule has 2 aliphatic rings. The smallest absolute Gasteiger partial charge is 0.336 e. The van der Waals surface area contributed by atoms with Crippen molar-refractivity contribution < 1.29 is 34.5 Å². The lowest BCUT2D eigenvalue weighted by molar-refractivity contribution is -0.161. The number of phenolic OH excluding ortho intramolecular Hbond substituents is 2. The van der Waals surface area contributed by atoms with Gasteiger partial charge in [0.2, 0.25) is 11.8 Å². The van der Waals surface area contributed by atoms with Crippen molar-refractivity contribution in [3.05, 3.63) is 34.8 Å². The molecule has 2 aliphatic heterocycles. The number of urea groups is 1. The Morgan fingerprint density at radius 2 is 2.00 bits per heavy atom. The number of hydrazone groups is 1. The number of aliphatic carboxylic acids is 1. The molecule has 0 spiro atoms. The van der Waals surface area contributed by atoms with Gasteiger partial charge < -0.3 is 36.6 Å². The molecule has 2 fully saturated rings. The van der Waals surface area contributed by atoms with Gasteiger partial charge in [-0.15, -0.1) is 23.1 Å². The van der Waals surface area contributed by atoms with Gasteiger partial charge in [0, 0.05) is 10.1 Å². The van der Waals surface area contributed by atoms with Gasteiger partial charge >= 0.3 is 12.0 Å². The number of nitrogen functional groups attached to an aromatic ring is 1. The first-order chi connectivity index (χ1) is 17.4. The molecule has 2 aromatic rings. The van der Waals surface area contributed by atoms with Crippen molar-refractivity contribution in [2.45, 2.75) is 42.1 Å². The van der Waals surface area contributed by atoms with E-state index in [1.807, 2.05) is 0 Å². The number of carbonyl (C=O) groups excluding carboxylic acids is 3. The lowest BCUT2D eigenvalue weighted by Gasteiger charge is -2.43. The highest BCUT2D eigenvalue weighted by Gasteiger charge is 2.64. The molecule has 37 heavy (non-hydrogen) atoms. The predicted molar refractivity (Wildman–Crippen MR) is 134 cm³/mol. The van der Waals surface area contributed by atoms with Gasteiger partial charge in [-0.25, -0.2) is 20.0 Å². The first-order valence-corrected chi connectivity index (χ1v) is 12.5. The molecule has 8 N–H and O–H groups in total. The van der Waals surface area contributed by atoms with Crippen molar-refractivity contribution in [3.63, 3.8) is 0 Å². The van der Waals surface area contributed by atoms with Crippen molar-refractivity contribution in [2.75, 3.05) is 5.73 Å². The summed E-state index contributed by atoms with van der Waals surface area (Å²) < 4.78 is -0.765. The van der Waals surface area contributed by atoms with Crippen LogP contribution in [0.4, 0.5) is 9.93 Å². The van der Waals surface area contributed by atoms with Gasteiger partial charge in [0.25, 0.3) is 0 Å². The molecule has 0 saturated carbocycles. The van der Waals surface area contributed by atoms with Crippen LogP contribution in [-0.4, -0.2) is 77.4 Å². The molecular weight excluding hydrogens is 526 g/mol. The molecule has 1 aromatic heterocycles. The maximum atomic E-state index is 13.2. The number of thiazole rings is 1. The summed E-state index contributed by atoms with van der Waals surface area (Å²) in [6.07, 6.45) is 1.20. The Labute approximate surface area is 217 Å². The number of phenols is 2. The van der Waals surface area contributed by atoms with E-state index >= 15 is 0 Å². The molecule has 0 bridgehead atoms. The molecule has 4 amide bonds. The van der Waals surface area contributed by atoms with Crippen LogP contribution >= 0.6 is 23.1 Å². The number of carbonyl (C=O) groups is 4. The van der Waals surface area contributed by atoms with E-state index in [-0.39, 0.29) is 22.3 Å². The molecule has 14 nitrogen and oxygen atoms in total. The zero-order valence-corrected chi connectivity index (χ0v) is 21.0. The molecule has 196 valence electrons. The second-order valence-corrected chi connectivity index (χ2v) is 11.4. The Balaban J connectivity index is 1.44. The predicted octanol–water partition coefficient (Wildman–Crippen LogP) is 0.143. The first-order valence-electron chi connectivity index (χ1n) is 10.7. The minimum absolute atomic E-state index is 0.133. The van der Waals surface area contributed by atoms with Gasteiger partial charge in [0.15, 0.2) is 22.7 Å². The van der Waals surface area contributed by atoms with Gasteiger partial charge in [-0.1, -0.05) is 0 Å². The van der Waals surface area contributed by atoms with Crippen LogP contribution in [0.2, 0.25) is 0 Å². The van der Waals surface area contributed by atoms with Crippen molar-refractivity contribution in [3.8, 4) is 11.5 Å². The molecule has 1 aromatic carbocycles. The largest absolute Gasteiger partial charge is 0.504 e. The Morgan fingerprint density at radius 3 is 2.62 bits per heavy atom. The number of amides is 4. The summed E-state index contributed by atoms with van der Waals surface area (Å²) in [6, 6.07) is -0.312. The third-order valence-electron chi connectivity index (χ3n) is 5.72. The quantitative estimate of drug-likeness (QED) is 0.107. The number of benzene rings is 1. The molecule has 4 rings (SSSR count). The number of aromatic hydroxyl groups is 2. The highest BCUT2D eigenvalue weighted by Crippen LogP contribution is 2.50. The van der Waals surface area contributed by atoms with Gasteiger partial charge in [0.1, 0.15) is 17.5 Å². The van der Waals surface area contributed by atoms with Crippen molar-refractivity contribution in [1.82, 2.24) is 25.9 Å². The van der Waals surface area contributed by atoms with E-state index in [0.717, 1.165) is 11.3 Å². The fraction of sp³-hybridized carbons (Fsp3) is 0.333. The maximum Gasteiger partial charge on any atom is 0.336 e. The minimum Gasteiger partial charge on any atom is -0.504 e. The molecule has 0 aliphatic carbocycles. The Kier molecular flexibility index (Phi) is 6.88. The van der Waals surface area contributed by atoms with E-state index in [1.54, 1.807) is 13.8 Å². The molecule has 3 heterocycles. The zero-order valence-electron chi connectivity index (χ0n) is 19.4. The summed E-state index contributed by atoms with van der Waals surface area (Å²) in [7, 11) is 0. The molecule has 2 saturated heterocycles. The number of fused-ring (bicyclic) bond motifs is 1. The molecule has 0 radical (unpaired) electrons. The Hall–Kier alpha value is -4.05. The lowest BCUT2D eigenvalue weighted by atomic mass is 9.96. The maximum absolute atomic E-state index is 13.2. The van der Waals surface area contributed by atoms with Gasteiger partial charge in [-0.2, -0.15) is 5.10 Å². The van der Waals surface area contributed by atoms with Crippen LogP contribution in [0, 0.1) is 0 Å². The number of carboxylic acids is 1. The average molecular weight is 550 g/mol. The summed E-state index contributed by atoms with van der Waals surface area (Å²) in [5, 5.41) is 38.3. The van der Waals surface area contributed by atoms with E-state index in [4.69, 9.17) is 5.73 Å². The van der Waals surface area contributed by atoms with E-state index in [0.29, 0.717) is 5.56 Å². The summed E-state index contributed by atoms with van der Waals surface area (Å²) >= 11 is 2.32. The number of rotatable bonds is 7. The Morgan fingerprint density at radius 1 is 1.27 bits per heavy atom. The molecule has 16 heteroatoms. The average Bonchev–Trinajstić information content (AvgIpc) is 3.36. The zero-order chi connectivity index (χ0) is 27.1. The van der Waals surface area contributed by atoms with Gasteiger partial charge in [0.05, 0.1) is 11.9 Å². The van der Waals surface area contributed by atoms with Gasteiger partial charge in [-0.05, 0) is 37.6 Å². The number of thioether (sulfide) groups is 1. The SMILES string of the molecule is CC1(C)S[C@@H]2[C@H](NC(=O)C(NC(=O)NN=Cc3ccc(O)c(O)c3)c3csc(N)n3)C(=O)N2[C@H]1C(=O)O. The van der Waals surface area contributed by atoms with Crippen LogP contribution in [0.15, 0.2) is 28.7 Å². The lowest BCUT2D eigenvalue weighted by Crippen LogP contribution is -2.71. The molecular formula is C21H23N7O7S2. The van der Waals surface area contributed by atoms with Crippen LogP contribution < -0.4 is 21.8 Å². The second-order valence-electron chi connectivity index (χ2n) is 8.72. The monoisotopic (exact) mass is 549 g/mol. The second kappa shape index (κ2) is 9.78. The van der Waals surface area contributed by atoms with Gasteiger partial charge in [-0.3, -0.25) is 9.59 Å². The fourth-order valence-electron chi connectivity index (χ4n) is 4.04. The van der Waals surface area contributed by atoms with Crippen LogP contribution in [0.5, 0.6) is 11.5 Å². The van der Waals surface area contributed by atoms with Crippen LogP contribution in [0.1, 0.15) is 31.1 Å². The highest BCUT2D eigenvalue weighted by molar-refractivity contribution is 8.01. The third kappa shape index (κ3) is 5.10. The summed E-state index contributed by atoms with van der Waals surface area (Å²) in [4.78, 5) is 55.3. The number of anilines is 1. The van der Waals surface area contributed by atoms with Crippen molar-refractivity contribution in [1.29, 1.82) is 0 Å². The highest BCUT2D eigenvalue weighted by atomic mass is 32.2. The van der Waals surface area contributed by atoms with Crippen LogP contribution in [0.3, 0.4) is 0 Å². The summed E-state index contributed by atoms with van der Waals surface area (Å²) in [5.74, 6) is -3.09. The van der Waals surface area contributed by atoms with Crippen molar-refractivity contribution >= 4 is 58.3 Å². The number of nitrogens with two attached hydrogens (primary N) is 1. The molecule has 1 unspecified atom stereocenters. The summed E-state index contributed by atoms with van der Waals surface area (Å²) in [5.41, 5.74) is 8.37. The first kappa shape index (κ1) is 26.0. The van der Waals surface area contributed by atoms with E-state index < -0.39 is 52.1 Å². The van der Waals surface area contributed by atoms with Crippen LogP contribution in [0.25, 0.3) is 0 Å². The number of hydrogen-bond donors (Lipinski definition) is 7. The topological polar surface area (TPSA) is 220 Å². The van der Waals surface area contributed by atoms with E-state index in [9.17, 15) is 34.5 Å². The number of aromatic nitrogens is 1. The third-order valence-corrected chi connectivity index (χ3v) is 7.99. The number of hydrogen-bond acceptors (Lipinski definition) is 11. The Bertz CT molecular complexity index is 1300. The summed E-state index contributed by atoms with van der Waals surface area (Å²) in [6.45, 7) is 3.43. The van der Waals surface area contributed by atoms with E-state index in [2.05, 4.69) is 26.1 Å². The number of carboxylic acid groups (broad SMARTS) is 1. The fourth-order valence-corrected chi connectivity index (χ4v) is 6.25. The van der Waals surface area contributed by atoms with Crippen LogP contribution in [-0.2, 0) is 14.4 Å². The number of β-lactam (4-membered cyclic amide) rings is 1.